The van der Waals surface area contributed by atoms with Crippen LogP contribution in [0.15, 0.2) is 60.7 Å². The molecule has 7 nitrogen and oxygen atoms in total. The van der Waals surface area contributed by atoms with Crippen molar-refractivity contribution in [1.29, 1.82) is 0 Å². The molecule has 0 fully saturated rings. The highest BCUT2D eigenvalue weighted by Crippen LogP contribution is 2.35. The van der Waals surface area contributed by atoms with E-state index in [1.165, 1.54) is 0 Å². The molecule has 0 bridgehead atoms. The number of benzene rings is 3. The van der Waals surface area contributed by atoms with Gasteiger partial charge in [0.05, 0.1) is 18.5 Å². The zero-order valence-corrected chi connectivity index (χ0v) is 20.3. The number of carbonyl (C=O) groups is 1. The Morgan fingerprint density at radius 2 is 1.86 bits per heavy atom. The van der Waals surface area contributed by atoms with Crippen molar-refractivity contribution in [3.63, 3.8) is 0 Å². The largest absolute Gasteiger partial charge is 0.507 e. The molecule has 0 amide bonds. The monoisotopic (exact) mass is 473 g/mol. The molecule has 0 saturated heterocycles. The summed E-state index contributed by atoms with van der Waals surface area (Å²) in [6.45, 7) is 6.78. The van der Waals surface area contributed by atoms with Crippen LogP contribution in [0.5, 0.6) is 11.5 Å². The number of esters is 1. The van der Waals surface area contributed by atoms with Gasteiger partial charge in [-0.1, -0.05) is 42.5 Å². The maximum Gasteiger partial charge on any atom is 0.310 e. The first-order valence-electron chi connectivity index (χ1n) is 11.8. The van der Waals surface area contributed by atoms with Gasteiger partial charge < -0.3 is 20.3 Å². The van der Waals surface area contributed by atoms with Crippen molar-refractivity contribution in [1.82, 2.24) is 9.78 Å². The molecule has 0 atom stereocenters. The zero-order chi connectivity index (χ0) is 24.9. The number of nitrogens with two attached hydrogens (primary N) is 1. The van der Waals surface area contributed by atoms with E-state index in [-0.39, 0.29) is 37.3 Å². The van der Waals surface area contributed by atoms with Crippen LogP contribution in [0.4, 0.5) is 0 Å². The first kappa shape index (κ1) is 24.3. The Kier molecular flexibility index (Phi) is 7.36. The lowest BCUT2D eigenvalue weighted by molar-refractivity contribution is -0.142. The summed E-state index contributed by atoms with van der Waals surface area (Å²) in [7, 11) is 0. The lowest BCUT2D eigenvalue weighted by Crippen LogP contribution is -2.09. The quantitative estimate of drug-likeness (QED) is 0.327. The molecular formula is C28H31N3O4. The van der Waals surface area contributed by atoms with E-state index in [0.29, 0.717) is 17.9 Å². The Bertz CT molecular complexity index is 1340. The fraction of sp³-hybridized carbons (Fsp3) is 0.286. The predicted molar refractivity (Wildman–Crippen MR) is 136 cm³/mol. The van der Waals surface area contributed by atoms with Gasteiger partial charge in [-0.05, 0) is 44.5 Å². The molecule has 3 N–H and O–H groups in total. The van der Waals surface area contributed by atoms with Crippen LogP contribution in [-0.2, 0) is 29.1 Å². The summed E-state index contributed by atoms with van der Waals surface area (Å²) in [5, 5.41) is 16.5. The standard InChI is InChI=1S/C28H31N3O4/c1-4-34-27(32)15-20-8-5-6-11-26(20)35-17-24-23-14-19(12-13-25(23)31(30-24)18(2)3)22-10-7-9-21(16-29)28(22)33/h5-14,18,33H,4,15-17,29H2,1-3H3. The minimum absolute atomic E-state index is 0.145. The number of hydrogen-bond acceptors (Lipinski definition) is 6. The number of aromatic hydroxyl groups is 1. The number of nitrogens with zero attached hydrogens (tertiary/aromatic N) is 2. The van der Waals surface area contributed by atoms with E-state index in [1.54, 1.807) is 6.92 Å². The average Bonchev–Trinajstić information content (AvgIpc) is 3.22. The fourth-order valence-electron chi connectivity index (χ4n) is 4.17. The number of para-hydroxylation sites is 2. The van der Waals surface area contributed by atoms with E-state index in [9.17, 15) is 9.90 Å². The smallest absolute Gasteiger partial charge is 0.310 e. The molecule has 4 rings (SSSR count). The molecule has 4 aromatic rings. The van der Waals surface area contributed by atoms with Gasteiger partial charge in [0.15, 0.2) is 0 Å². The van der Waals surface area contributed by atoms with Crippen molar-refractivity contribution >= 4 is 16.9 Å². The van der Waals surface area contributed by atoms with E-state index in [0.717, 1.165) is 33.3 Å². The van der Waals surface area contributed by atoms with E-state index in [4.69, 9.17) is 20.3 Å². The number of hydrogen-bond donors (Lipinski definition) is 2. The summed E-state index contributed by atoms with van der Waals surface area (Å²) in [4.78, 5) is 12.0. The predicted octanol–water partition coefficient (Wildman–Crippen LogP) is 5.13. The number of carbonyl (C=O) groups excluding carboxylic acids is 1. The summed E-state index contributed by atoms with van der Waals surface area (Å²) in [5.41, 5.74) is 10.6. The number of fused-ring (bicyclic) bond motifs is 1. The van der Waals surface area contributed by atoms with E-state index in [2.05, 4.69) is 13.8 Å². The van der Waals surface area contributed by atoms with Gasteiger partial charge in [0.25, 0.3) is 0 Å². The maximum atomic E-state index is 12.0. The lowest BCUT2D eigenvalue weighted by atomic mass is 9.99. The molecule has 1 aromatic heterocycles. The van der Waals surface area contributed by atoms with E-state index >= 15 is 0 Å². The van der Waals surface area contributed by atoms with Gasteiger partial charge in [-0.15, -0.1) is 0 Å². The van der Waals surface area contributed by atoms with Crippen LogP contribution in [0.1, 0.15) is 43.6 Å². The van der Waals surface area contributed by atoms with Crippen molar-refractivity contribution in [3.8, 4) is 22.6 Å². The Hall–Kier alpha value is -3.84. The second kappa shape index (κ2) is 10.6. The minimum Gasteiger partial charge on any atom is -0.507 e. The van der Waals surface area contributed by atoms with Crippen LogP contribution in [0.3, 0.4) is 0 Å². The van der Waals surface area contributed by atoms with Gasteiger partial charge in [0, 0.05) is 34.7 Å². The summed E-state index contributed by atoms with van der Waals surface area (Å²) >= 11 is 0. The summed E-state index contributed by atoms with van der Waals surface area (Å²) in [6.07, 6.45) is 0.145. The van der Waals surface area contributed by atoms with Crippen LogP contribution in [0.25, 0.3) is 22.0 Å². The van der Waals surface area contributed by atoms with Crippen molar-refractivity contribution in [2.24, 2.45) is 5.73 Å². The van der Waals surface area contributed by atoms with Crippen LogP contribution in [0, 0.1) is 0 Å². The first-order valence-corrected chi connectivity index (χ1v) is 11.8. The normalized spacial score (nSPS) is 11.2. The SMILES string of the molecule is CCOC(=O)Cc1ccccc1OCc1nn(C(C)C)c2ccc(-c3cccc(CN)c3O)cc12. The third-order valence-electron chi connectivity index (χ3n) is 5.90. The molecule has 0 radical (unpaired) electrons. The molecular weight excluding hydrogens is 442 g/mol. The van der Waals surface area contributed by atoms with Gasteiger partial charge in [-0.3, -0.25) is 9.48 Å². The molecule has 1 heterocycles. The molecule has 0 saturated carbocycles. The minimum atomic E-state index is -0.290. The lowest BCUT2D eigenvalue weighted by Gasteiger charge is -2.11. The maximum absolute atomic E-state index is 12.0. The number of aromatic nitrogens is 2. The Balaban J connectivity index is 1.69. The van der Waals surface area contributed by atoms with Crippen LogP contribution >= 0.6 is 0 Å². The first-order chi connectivity index (χ1) is 16.9. The molecule has 0 aliphatic carbocycles. The van der Waals surface area contributed by atoms with Crippen LogP contribution in [0.2, 0.25) is 0 Å². The van der Waals surface area contributed by atoms with Crippen molar-refractivity contribution in [2.75, 3.05) is 6.61 Å². The number of ether oxygens (including phenoxy) is 2. The zero-order valence-electron chi connectivity index (χ0n) is 20.3. The number of phenolic OH excluding ortho intramolecular Hbond substituents is 1. The van der Waals surface area contributed by atoms with Gasteiger partial charge >= 0.3 is 5.97 Å². The highest BCUT2D eigenvalue weighted by Gasteiger charge is 2.17. The highest BCUT2D eigenvalue weighted by molar-refractivity contribution is 5.88. The van der Waals surface area contributed by atoms with Crippen LogP contribution < -0.4 is 10.5 Å². The average molecular weight is 474 g/mol. The van der Waals surface area contributed by atoms with Crippen molar-refractivity contribution < 1.29 is 19.4 Å². The Labute approximate surface area is 205 Å². The topological polar surface area (TPSA) is 99.6 Å². The molecule has 0 aliphatic heterocycles. The molecule has 182 valence electrons. The third-order valence-corrected chi connectivity index (χ3v) is 5.90. The number of phenols is 1. The third kappa shape index (κ3) is 5.15. The van der Waals surface area contributed by atoms with E-state index < -0.39 is 0 Å². The fourth-order valence-corrected chi connectivity index (χ4v) is 4.17. The van der Waals surface area contributed by atoms with Gasteiger partial charge in [0.2, 0.25) is 0 Å². The number of rotatable bonds is 9. The molecule has 35 heavy (non-hydrogen) atoms. The van der Waals surface area contributed by atoms with Crippen molar-refractivity contribution in [3.05, 3.63) is 77.5 Å². The second-order valence-electron chi connectivity index (χ2n) is 8.61. The highest BCUT2D eigenvalue weighted by atomic mass is 16.5. The van der Waals surface area contributed by atoms with Gasteiger partial charge in [-0.2, -0.15) is 5.10 Å². The summed E-state index contributed by atoms with van der Waals surface area (Å²) in [6, 6.07) is 19.2. The molecule has 0 spiro atoms. The van der Waals surface area contributed by atoms with Gasteiger partial charge in [-0.25, -0.2) is 0 Å². The Morgan fingerprint density at radius 1 is 1.09 bits per heavy atom. The van der Waals surface area contributed by atoms with Crippen LogP contribution in [-0.4, -0.2) is 27.5 Å². The molecule has 0 aliphatic rings. The molecule has 3 aromatic carbocycles. The van der Waals surface area contributed by atoms with Gasteiger partial charge in [0.1, 0.15) is 23.8 Å². The Morgan fingerprint density at radius 3 is 2.60 bits per heavy atom. The second-order valence-corrected chi connectivity index (χ2v) is 8.61. The summed E-state index contributed by atoms with van der Waals surface area (Å²) in [5.74, 6) is 0.524. The summed E-state index contributed by atoms with van der Waals surface area (Å²) < 4.78 is 13.2. The van der Waals surface area contributed by atoms with E-state index in [1.807, 2.05) is 65.3 Å². The van der Waals surface area contributed by atoms with Crippen molar-refractivity contribution in [2.45, 2.75) is 46.4 Å². The molecule has 0 unspecified atom stereocenters. The molecule has 7 heteroatoms.